The predicted molar refractivity (Wildman–Crippen MR) is 129 cm³/mol. The minimum atomic E-state index is -0.178. The van der Waals surface area contributed by atoms with Gasteiger partial charge < -0.3 is 4.74 Å². The third-order valence-electron chi connectivity index (χ3n) is 5.67. The van der Waals surface area contributed by atoms with Crippen LogP contribution in [0.4, 0.5) is 5.13 Å². The fourth-order valence-electron chi connectivity index (χ4n) is 3.70. The SMILES string of the molecule is Cc1ccc2sc(N(CCCN3CCOCC3)C(=O)c3cc(Cl)ccc3Cl)nc2c1C. The Bertz CT molecular complexity index is 1100. The molecule has 2 aromatic carbocycles. The van der Waals surface area contributed by atoms with Gasteiger partial charge in [0.1, 0.15) is 0 Å². The van der Waals surface area contributed by atoms with Gasteiger partial charge in [-0.15, -0.1) is 0 Å². The largest absolute Gasteiger partial charge is 0.379 e. The second kappa shape index (κ2) is 9.84. The van der Waals surface area contributed by atoms with E-state index in [1.165, 1.54) is 16.9 Å². The normalized spacial score (nSPS) is 14.8. The van der Waals surface area contributed by atoms with Crippen LogP contribution < -0.4 is 4.90 Å². The Morgan fingerprint density at radius 2 is 1.97 bits per heavy atom. The van der Waals surface area contributed by atoms with E-state index in [4.69, 9.17) is 32.9 Å². The number of anilines is 1. The number of fused-ring (bicyclic) bond motifs is 1. The van der Waals surface area contributed by atoms with Crippen molar-refractivity contribution in [2.45, 2.75) is 20.3 Å². The number of halogens is 2. The molecule has 1 amide bonds. The molecule has 1 saturated heterocycles. The molecule has 0 N–H and O–H groups in total. The number of hydrogen-bond donors (Lipinski definition) is 0. The molecule has 3 aromatic rings. The summed E-state index contributed by atoms with van der Waals surface area (Å²) in [6, 6.07) is 9.14. The Morgan fingerprint density at radius 1 is 1.19 bits per heavy atom. The van der Waals surface area contributed by atoms with Gasteiger partial charge in [-0.3, -0.25) is 14.6 Å². The van der Waals surface area contributed by atoms with Gasteiger partial charge in [0.05, 0.1) is 34.0 Å². The van der Waals surface area contributed by atoms with Gasteiger partial charge in [0.2, 0.25) is 0 Å². The molecular formula is C23H25Cl2N3O2S. The van der Waals surface area contributed by atoms with E-state index in [0.717, 1.165) is 55.0 Å². The standard InChI is InChI=1S/C23H25Cl2N3O2S/c1-15-4-7-20-21(16(15)2)26-23(31-20)28(9-3-8-27-10-12-30-13-11-27)22(29)18-14-17(24)5-6-19(18)25/h4-7,14H,3,8-13H2,1-2H3. The Labute approximate surface area is 196 Å². The molecule has 0 unspecified atom stereocenters. The number of aryl methyl sites for hydroxylation is 2. The average molecular weight is 478 g/mol. The van der Waals surface area contributed by atoms with E-state index in [9.17, 15) is 4.79 Å². The van der Waals surface area contributed by atoms with Crippen LogP contribution in [-0.2, 0) is 4.74 Å². The van der Waals surface area contributed by atoms with Crippen molar-refractivity contribution in [3.63, 3.8) is 0 Å². The molecule has 0 bridgehead atoms. The minimum absolute atomic E-state index is 0.178. The van der Waals surface area contributed by atoms with Crippen LogP contribution in [0.3, 0.4) is 0 Å². The molecule has 1 aliphatic rings. The average Bonchev–Trinajstić information content (AvgIpc) is 3.20. The van der Waals surface area contributed by atoms with E-state index in [0.29, 0.717) is 27.3 Å². The van der Waals surface area contributed by atoms with Gasteiger partial charge in [-0.05, 0) is 55.7 Å². The molecule has 5 nitrogen and oxygen atoms in total. The number of aromatic nitrogens is 1. The summed E-state index contributed by atoms with van der Waals surface area (Å²) in [5.74, 6) is -0.178. The third kappa shape index (κ3) is 5.04. The summed E-state index contributed by atoms with van der Waals surface area (Å²) in [7, 11) is 0. The van der Waals surface area contributed by atoms with Gasteiger partial charge in [0.25, 0.3) is 5.91 Å². The van der Waals surface area contributed by atoms with Crippen molar-refractivity contribution in [3.05, 3.63) is 57.1 Å². The van der Waals surface area contributed by atoms with Gasteiger partial charge in [-0.2, -0.15) is 0 Å². The molecule has 1 aliphatic heterocycles. The summed E-state index contributed by atoms with van der Waals surface area (Å²) >= 11 is 14.0. The predicted octanol–water partition coefficient (Wildman–Crippen LogP) is 5.59. The highest BCUT2D eigenvalue weighted by atomic mass is 35.5. The first-order valence-electron chi connectivity index (χ1n) is 10.4. The highest BCUT2D eigenvalue weighted by molar-refractivity contribution is 7.22. The Kier molecular flexibility index (Phi) is 7.14. The zero-order valence-electron chi connectivity index (χ0n) is 17.7. The number of hydrogen-bond acceptors (Lipinski definition) is 5. The van der Waals surface area contributed by atoms with Crippen LogP contribution >= 0.6 is 34.5 Å². The van der Waals surface area contributed by atoms with Crippen molar-refractivity contribution in [2.75, 3.05) is 44.3 Å². The van der Waals surface area contributed by atoms with Crippen LogP contribution in [0, 0.1) is 13.8 Å². The van der Waals surface area contributed by atoms with E-state index in [1.54, 1.807) is 23.1 Å². The number of carbonyl (C=O) groups is 1. The first kappa shape index (κ1) is 22.5. The van der Waals surface area contributed by atoms with E-state index >= 15 is 0 Å². The molecule has 0 atom stereocenters. The zero-order valence-corrected chi connectivity index (χ0v) is 20.0. The number of carbonyl (C=O) groups excluding carboxylic acids is 1. The molecule has 0 aliphatic carbocycles. The number of benzene rings is 2. The Balaban J connectivity index is 1.64. The minimum Gasteiger partial charge on any atom is -0.379 e. The molecule has 4 rings (SSSR count). The maximum atomic E-state index is 13.5. The number of ether oxygens (including phenoxy) is 1. The molecule has 164 valence electrons. The summed E-state index contributed by atoms with van der Waals surface area (Å²) < 4.78 is 6.50. The third-order valence-corrected chi connectivity index (χ3v) is 7.28. The van der Waals surface area contributed by atoms with Crippen molar-refractivity contribution < 1.29 is 9.53 Å². The van der Waals surface area contributed by atoms with Crippen LogP contribution in [-0.4, -0.2) is 55.2 Å². The smallest absolute Gasteiger partial charge is 0.261 e. The van der Waals surface area contributed by atoms with Crippen molar-refractivity contribution >= 4 is 55.8 Å². The summed E-state index contributed by atoms with van der Waals surface area (Å²) in [5.41, 5.74) is 3.67. The molecule has 0 radical (unpaired) electrons. The molecule has 0 spiro atoms. The zero-order chi connectivity index (χ0) is 22.0. The van der Waals surface area contributed by atoms with Crippen LogP contribution in [0.5, 0.6) is 0 Å². The fourth-order valence-corrected chi connectivity index (χ4v) is 5.12. The second-order valence-electron chi connectivity index (χ2n) is 7.74. The fraction of sp³-hybridized carbons (Fsp3) is 0.391. The highest BCUT2D eigenvalue weighted by Gasteiger charge is 2.24. The second-order valence-corrected chi connectivity index (χ2v) is 9.59. The number of thiazole rings is 1. The molecule has 1 fully saturated rings. The van der Waals surface area contributed by atoms with Gasteiger partial charge in [-0.25, -0.2) is 4.98 Å². The first-order valence-corrected chi connectivity index (χ1v) is 11.9. The Morgan fingerprint density at radius 3 is 2.74 bits per heavy atom. The first-order chi connectivity index (χ1) is 14.9. The van der Waals surface area contributed by atoms with Crippen molar-refractivity contribution in [3.8, 4) is 0 Å². The lowest BCUT2D eigenvalue weighted by Gasteiger charge is -2.28. The van der Waals surface area contributed by atoms with Gasteiger partial charge in [0, 0.05) is 31.2 Å². The lowest BCUT2D eigenvalue weighted by atomic mass is 10.1. The van der Waals surface area contributed by atoms with E-state index in [1.807, 2.05) is 0 Å². The van der Waals surface area contributed by atoms with Crippen LogP contribution in [0.25, 0.3) is 10.2 Å². The van der Waals surface area contributed by atoms with Crippen molar-refractivity contribution in [2.24, 2.45) is 0 Å². The molecule has 2 heterocycles. The summed E-state index contributed by atoms with van der Waals surface area (Å²) in [6.07, 6.45) is 0.831. The topological polar surface area (TPSA) is 45.7 Å². The molecule has 8 heteroatoms. The highest BCUT2D eigenvalue weighted by Crippen LogP contribution is 2.33. The maximum absolute atomic E-state index is 13.5. The van der Waals surface area contributed by atoms with E-state index in [-0.39, 0.29) is 5.91 Å². The number of morpholine rings is 1. The lowest BCUT2D eigenvalue weighted by Crippen LogP contribution is -2.39. The van der Waals surface area contributed by atoms with Gasteiger partial charge in [-0.1, -0.05) is 40.6 Å². The van der Waals surface area contributed by atoms with Crippen LogP contribution in [0.1, 0.15) is 27.9 Å². The lowest BCUT2D eigenvalue weighted by molar-refractivity contribution is 0.0376. The molecular weight excluding hydrogens is 453 g/mol. The number of rotatable bonds is 6. The van der Waals surface area contributed by atoms with E-state index in [2.05, 4.69) is 30.9 Å². The summed E-state index contributed by atoms with van der Waals surface area (Å²) in [5, 5.41) is 1.56. The summed E-state index contributed by atoms with van der Waals surface area (Å²) in [6.45, 7) is 8.97. The van der Waals surface area contributed by atoms with Crippen molar-refractivity contribution in [1.82, 2.24) is 9.88 Å². The van der Waals surface area contributed by atoms with Gasteiger partial charge >= 0.3 is 0 Å². The number of nitrogens with zero attached hydrogens (tertiary/aromatic N) is 3. The molecule has 0 saturated carbocycles. The van der Waals surface area contributed by atoms with Crippen LogP contribution in [0.15, 0.2) is 30.3 Å². The summed E-state index contributed by atoms with van der Waals surface area (Å²) in [4.78, 5) is 22.5. The van der Waals surface area contributed by atoms with Gasteiger partial charge in [0.15, 0.2) is 5.13 Å². The Hall–Kier alpha value is -1.70. The van der Waals surface area contributed by atoms with Crippen molar-refractivity contribution in [1.29, 1.82) is 0 Å². The maximum Gasteiger partial charge on any atom is 0.261 e. The molecule has 31 heavy (non-hydrogen) atoms. The monoisotopic (exact) mass is 477 g/mol. The van der Waals surface area contributed by atoms with E-state index < -0.39 is 0 Å². The number of amides is 1. The quantitative estimate of drug-likeness (QED) is 0.464. The van der Waals surface area contributed by atoms with Crippen LogP contribution in [0.2, 0.25) is 10.0 Å². The molecule has 1 aromatic heterocycles.